The standard InChI is InChI=1S/C12H17N5O3/c1-16(2)4-6-20-5-3-14-12-11(17(18)19)7-10(8-13)9-15-12/h7,9H,3-6H2,1-2H3,(H,14,15). The van der Waals surface area contributed by atoms with E-state index in [9.17, 15) is 10.1 Å². The van der Waals surface area contributed by atoms with Crippen LogP contribution in [-0.2, 0) is 4.74 Å². The smallest absolute Gasteiger partial charge is 0.312 e. The molecule has 0 aliphatic rings. The summed E-state index contributed by atoms with van der Waals surface area (Å²) in [5, 5.41) is 22.4. The Hall–Kier alpha value is -2.24. The minimum Gasteiger partial charge on any atom is -0.378 e. The normalized spacial score (nSPS) is 10.3. The number of hydrogen-bond acceptors (Lipinski definition) is 7. The third-order valence-corrected chi connectivity index (χ3v) is 2.42. The maximum absolute atomic E-state index is 10.9. The molecule has 0 aliphatic carbocycles. The lowest BCUT2D eigenvalue weighted by Gasteiger charge is -2.10. The van der Waals surface area contributed by atoms with Crippen molar-refractivity contribution in [2.75, 3.05) is 45.7 Å². The van der Waals surface area contributed by atoms with Crippen molar-refractivity contribution in [2.45, 2.75) is 0 Å². The van der Waals surface area contributed by atoms with Crippen LogP contribution in [0.1, 0.15) is 5.56 Å². The predicted molar refractivity (Wildman–Crippen MR) is 73.5 cm³/mol. The van der Waals surface area contributed by atoms with Gasteiger partial charge in [0.1, 0.15) is 6.07 Å². The van der Waals surface area contributed by atoms with Gasteiger partial charge in [-0.25, -0.2) is 4.98 Å². The Morgan fingerprint density at radius 2 is 2.30 bits per heavy atom. The van der Waals surface area contributed by atoms with Gasteiger partial charge in [0.25, 0.3) is 0 Å². The summed E-state index contributed by atoms with van der Waals surface area (Å²) in [6, 6.07) is 3.02. The van der Waals surface area contributed by atoms with Crippen LogP contribution in [0.2, 0.25) is 0 Å². The Morgan fingerprint density at radius 3 is 2.90 bits per heavy atom. The third-order valence-electron chi connectivity index (χ3n) is 2.42. The number of rotatable bonds is 8. The maximum Gasteiger partial charge on any atom is 0.312 e. The Morgan fingerprint density at radius 1 is 1.55 bits per heavy atom. The fourth-order valence-corrected chi connectivity index (χ4v) is 1.38. The largest absolute Gasteiger partial charge is 0.378 e. The average Bonchev–Trinajstić information content (AvgIpc) is 2.42. The lowest BCUT2D eigenvalue weighted by molar-refractivity contribution is -0.384. The number of ether oxygens (including phenoxy) is 1. The van der Waals surface area contributed by atoms with Crippen LogP contribution in [0.15, 0.2) is 12.3 Å². The van der Waals surface area contributed by atoms with Gasteiger partial charge >= 0.3 is 5.69 Å². The molecular formula is C12H17N5O3. The van der Waals surface area contributed by atoms with E-state index in [2.05, 4.69) is 10.3 Å². The number of nitrogens with zero attached hydrogens (tertiary/aromatic N) is 4. The lowest BCUT2D eigenvalue weighted by Crippen LogP contribution is -2.20. The Bertz CT molecular complexity index is 498. The van der Waals surface area contributed by atoms with Crippen LogP contribution in [0.4, 0.5) is 11.5 Å². The first-order chi connectivity index (χ1) is 9.54. The van der Waals surface area contributed by atoms with E-state index in [1.165, 1.54) is 12.3 Å². The van der Waals surface area contributed by atoms with E-state index < -0.39 is 4.92 Å². The lowest BCUT2D eigenvalue weighted by atomic mass is 10.3. The molecule has 0 amide bonds. The van der Waals surface area contributed by atoms with Crippen molar-refractivity contribution in [2.24, 2.45) is 0 Å². The number of pyridine rings is 1. The molecule has 8 nitrogen and oxygen atoms in total. The number of nitro groups is 1. The minimum atomic E-state index is -0.566. The molecule has 0 radical (unpaired) electrons. The van der Waals surface area contributed by atoms with Crippen LogP contribution in [0.5, 0.6) is 0 Å². The first-order valence-electron chi connectivity index (χ1n) is 6.05. The summed E-state index contributed by atoms with van der Waals surface area (Å²) in [5.41, 5.74) is -0.0539. The van der Waals surface area contributed by atoms with E-state index in [-0.39, 0.29) is 17.1 Å². The molecule has 1 aromatic rings. The van der Waals surface area contributed by atoms with Crippen molar-refractivity contribution in [3.63, 3.8) is 0 Å². The van der Waals surface area contributed by atoms with Crippen LogP contribution >= 0.6 is 0 Å². The molecule has 1 heterocycles. The molecule has 0 atom stereocenters. The van der Waals surface area contributed by atoms with Crippen LogP contribution < -0.4 is 5.32 Å². The van der Waals surface area contributed by atoms with Gasteiger partial charge in [-0.1, -0.05) is 0 Å². The molecule has 0 aliphatic heterocycles. The van der Waals surface area contributed by atoms with E-state index in [4.69, 9.17) is 10.00 Å². The Balaban J connectivity index is 2.48. The molecule has 20 heavy (non-hydrogen) atoms. The summed E-state index contributed by atoms with van der Waals surface area (Å²) in [7, 11) is 3.90. The number of likely N-dealkylation sites (N-methyl/N-ethyl adjacent to an activating group) is 1. The molecule has 0 spiro atoms. The van der Waals surface area contributed by atoms with Gasteiger partial charge in [-0.15, -0.1) is 0 Å². The average molecular weight is 279 g/mol. The molecule has 0 fully saturated rings. The third kappa shape index (κ3) is 5.17. The maximum atomic E-state index is 10.9. The Labute approximate surface area is 117 Å². The van der Waals surface area contributed by atoms with E-state index in [1.54, 1.807) is 0 Å². The summed E-state index contributed by atoms with van der Waals surface area (Å²) in [6.45, 7) is 2.24. The summed E-state index contributed by atoms with van der Waals surface area (Å²) in [6.07, 6.45) is 1.29. The predicted octanol–water partition coefficient (Wildman–Crippen LogP) is 0.852. The monoisotopic (exact) mass is 279 g/mol. The number of anilines is 1. The summed E-state index contributed by atoms with van der Waals surface area (Å²) >= 11 is 0. The molecule has 0 aromatic carbocycles. The summed E-state index contributed by atoms with van der Waals surface area (Å²) in [4.78, 5) is 16.2. The van der Waals surface area contributed by atoms with E-state index in [0.29, 0.717) is 19.8 Å². The molecular weight excluding hydrogens is 262 g/mol. The van der Waals surface area contributed by atoms with E-state index >= 15 is 0 Å². The molecule has 8 heteroatoms. The van der Waals surface area contributed by atoms with Gasteiger partial charge in [0.2, 0.25) is 5.82 Å². The van der Waals surface area contributed by atoms with Crippen molar-refractivity contribution in [3.8, 4) is 6.07 Å². The van der Waals surface area contributed by atoms with Crippen molar-refractivity contribution in [1.82, 2.24) is 9.88 Å². The molecule has 0 bridgehead atoms. The quantitative estimate of drug-likeness (QED) is 0.427. The molecule has 0 saturated carbocycles. The van der Waals surface area contributed by atoms with E-state index in [1.807, 2.05) is 25.1 Å². The molecule has 1 rings (SSSR count). The highest BCUT2D eigenvalue weighted by Crippen LogP contribution is 2.21. The van der Waals surface area contributed by atoms with Crippen LogP contribution in [0, 0.1) is 21.4 Å². The van der Waals surface area contributed by atoms with Crippen molar-refractivity contribution >= 4 is 11.5 Å². The van der Waals surface area contributed by atoms with Crippen LogP contribution in [0.3, 0.4) is 0 Å². The van der Waals surface area contributed by atoms with Gasteiger partial charge in [-0.3, -0.25) is 10.1 Å². The molecule has 1 aromatic heterocycles. The SMILES string of the molecule is CN(C)CCOCCNc1ncc(C#N)cc1[N+](=O)[O-]. The van der Waals surface area contributed by atoms with E-state index in [0.717, 1.165) is 6.54 Å². The number of hydrogen-bond donors (Lipinski definition) is 1. The fraction of sp³-hybridized carbons (Fsp3) is 0.500. The van der Waals surface area contributed by atoms with Gasteiger partial charge in [0.15, 0.2) is 0 Å². The highest BCUT2D eigenvalue weighted by atomic mass is 16.6. The van der Waals surface area contributed by atoms with Gasteiger partial charge in [0, 0.05) is 25.4 Å². The minimum absolute atomic E-state index is 0.144. The highest BCUT2D eigenvalue weighted by molar-refractivity contribution is 5.58. The number of aromatic nitrogens is 1. The zero-order valence-electron chi connectivity index (χ0n) is 11.5. The molecule has 0 saturated heterocycles. The molecule has 1 N–H and O–H groups in total. The van der Waals surface area contributed by atoms with Gasteiger partial charge < -0.3 is 15.0 Å². The van der Waals surface area contributed by atoms with Crippen LogP contribution in [-0.4, -0.2) is 55.2 Å². The van der Waals surface area contributed by atoms with Gasteiger partial charge in [-0.2, -0.15) is 5.26 Å². The zero-order chi connectivity index (χ0) is 15.0. The topological polar surface area (TPSA) is 104 Å². The number of nitriles is 1. The van der Waals surface area contributed by atoms with Crippen LogP contribution in [0.25, 0.3) is 0 Å². The van der Waals surface area contributed by atoms with Gasteiger partial charge in [-0.05, 0) is 14.1 Å². The van der Waals surface area contributed by atoms with Crippen molar-refractivity contribution in [1.29, 1.82) is 5.26 Å². The van der Waals surface area contributed by atoms with Crippen molar-refractivity contribution in [3.05, 3.63) is 27.9 Å². The molecule has 108 valence electrons. The molecule has 0 unspecified atom stereocenters. The first kappa shape index (κ1) is 15.8. The Kier molecular flexibility index (Phi) is 6.36. The first-order valence-corrected chi connectivity index (χ1v) is 6.05. The second-order valence-electron chi connectivity index (χ2n) is 4.30. The zero-order valence-corrected chi connectivity index (χ0v) is 11.5. The second-order valence-corrected chi connectivity index (χ2v) is 4.30. The summed E-state index contributed by atoms with van der Waals surface area (Å²) in [5.74, 6) is 0.144. The highest BCUT2D eigenvalue weighted by Gasteiger charge is 2.15. The second kappa shape index (κ2) is 8.04. The summed E-state index contributed by atoms with van der Waals surface area (Å²) < 4.78 is 5.36. The van der Waals surface area contributed by atoms with Gasteiger partial charge in [0.05, 0.1) is 23.7 Å². The number of nitrogens with one attached hydrogen (secondary N) is 1. The fourth-order valence-electron chi connectivity index (χ4n) is 1.38. The van der Waals surface area contributed by atoms with Crippen molar-refractivity contribution < 1.29 is 9.66 Å².